The zero-order valence-corrected chi connectivity index (χ0v) is 12.5. The molecule has 3 rings (SSSR count). The molecular formula is C16H30N2. The van der Waals surface area contributed by atoms with Gasteiger partial charge < -0.3 is 5.32 Å². The summed E-state index contributed by atoms with van der Waals surface area (Å²) in [6, 6.07) is 0. The summed E-state index contributed by atoms with van der Waals surface area (Å²) < 4.78 is 0. The zero-order valence-electron chi connectivity index (χ0n) is 12.5. The fourth-order valence-electron chi connectivity index (χ4n) is 3.59. The van der Waals surface area contributed by atoms with Crippen LogP contribution in [0.1, 0.15) is 59.3 Å². The summed E-state index contributed by atoms with van der Waals surface area (Å²) in [5.41, 5.74) is 0.793. The van der Waals surface area contributed by atoms with E-state index in [0.717, 1.165) is 11.8 Å². The van der Waals surface area contributed by atoms with Gasteiger partial charge in [-0.1, -0.05) is 19.8 Å². The van der Waals surface area contributed by atoms with E-state index in [-0.39, 0.29) is 0 Å². The third-order valence-electron chi connectivity index (χ3n) is 5.88. The fraction of sp³-hybridized carbons (Fsp3) is 1.00. The van der Waals surface area contributed by atoms with E-state index in [9.17, 15) is 0 Å². The molecule has 1 heterocycles. The number of rotatable bonds is 5. The first kappa shape index (κ1) is 12.9. The van der Waals surface area contributed by atoms with E-state index in [2.05, 4.69) is 31.0 Å². The van der Waals surface area contributed by atoms with Gasteiger partial charge >= 0.3 is 0 Å². The minimum atomic E-state index is 0.345. The van der Waals surface area contributed by atoms with Gasteiger partial charge in [-0.2, -0.15) is 0 Å². The van der Waals surface area contributed by atoms with Gasteiger partial charge in [-0.15, -0.1) is 0 Å². The van der Waals surface area contributed by atoms with E-state index in [1.807, 2.05) is 0 Å². The van der Waals surface area contributed by atoms with E-state index >= 15 is 0 Å². The Morgan fingerprint density at radius 1 is 1.17 bits per heavy atom. The molecule has 0 spiro atoms. The molecule has 2 aliphatic carbocycles. The van der Waals surface area contributed by atoms with Crippen LogP contribution < -0.4 is 5.32 Å². The molecular weight excluding hydrogens is 220 g/mol. The summed E-state index contributed by atoms with van der Waals surface area (Å²) >= 11 is 0. The van der Waals surface area contributed by atoms with Crippen LogP contribution in [0.25, 0.3) is 0 Å². The quantitative estimate of drug-likeness (QED) is 0.807. The lowest BCUT2D eigenvalue weighted by Crippen LogP contribution is -2.68. The molecule has 0 radical (unpaired) electrons. The molecule has 104 valence electrons. The molecule has 0 amide bonds. The van der Waals surface area contributed by atoms with Crippen molar-refractivity contribution in [2.75, 3.05) is 19.6 Å². The van der Waals surface area contributed by atoms with Crippen molar-refractivity contribution in [3.63, 3.8) is 0 Å². The highest BCUT2D eigenvalue weighted by atomic mass is 15.3. The molecule has 18 heavy (non-hydrogen) atoms. The smallest absolute Gasteiger partial charge is 0.0334 e. The Labute approximate surface area is 113 Å². The Bertz CT molecular complexity index is 308. The monoisotopic (exact) mass is 250 g/mol. The van der Waals surface area contributed by atoms with Gasteiger partial charge in [-0.25, -0.2) is 0 Å². The molecule has 2 nitrogen and oxygen atoms in total. The maximum Gasteiger partial charge on any atom is 0.0334 e. The van der Waals surface area contributed by atoms with Gasteiger partial charge in [0.2, 0.25) is 0 Å². The van der Waals surface area contributed by atoms with Crippen molar-refractivity contribution >= 4 is 0 Å². The minimum absolute atomic E-state index is 0.345. The van der Waals surface area contributed by atoms with E-state index in [1.54, 1.807) is 0 Å². The van der Waals surface area contributed by atoms with Crippen molar-refractivity contribution in [1.29, 1.82) is 0 Å². The Balaban J connectivity index is 1.68. The standard InChI is InChI=1S/C16H30N2/c1-4-15(2)12-18(10-9-13-5-6-13)16(3,11-17-15)14-7-8-14/h13-14,17H,4-12H2,1-3H3. The van der Waals surface area contributed by atoms with Crippen molar-refractivity contribution in [3.8, 4) is 0 Å². The molecule has 3 aliphatic rings. The average Bonchev–Trinajstić information content (AvgIpc) is 3.22. The van der Waals surface area contributed by atoms with Crippen molar-refractivity contribution in [2.24, 2.45) is 11.8 Å². The van der Waals surface area contributed by atoms with Gasteiger partial charge in [0.1, 0.15) is 0 Å². The highest BCUT2D eigenvalue weighted by Crippen LogP contribution is 2.45. The zero-order chi connectivity index (χ0) is 12.8. The number of nitrogens with one attached hydrogen (secondary N) is 1. The summed E-state index contributed by atoms with van der Waals surface area (Å²) in [5, 5.41) is 3.85. The van der Waals surface area contributed by atoms with Gasteiger partial charge in [0.25, 0.3) is 0 Å². The third kappa shape index (κ3) is 2.46. The number of hydrogen-bond donors (Lipinski definition) is 1. The molecule has 0 aromatic rings. The van der Waals surface area contributed by atoms with Crippen molar-refractivity contribution in [3.05, 3.63) is 0 Å². The van der Waals surface area contributed by atoms with Crippen LogP contribution in [-0.4, -0.2) is 35.6 Å². The second kappa shape index (κ2) is 4.49. The third-order valence-corrected chi connectivity index (χ3v) is 5.88. The SMILES string of the molecule is CCC1(C)CN(CCC2CC2)C(C)(C2CC2)CN1. The van der Waals surface area contributed by atoms with Crippen molar-refractivity contribution in [2.45, 2.75) is 70.4 Å². The molecule has 2 atom stereocenters. The molecule has 3 fully saturated rings. The van der Waals surface area contributed by atoms with Gasteiger partial charge in [0.05, 0.1) is 0 Å². The van der Waals surface area contributed by atoms with Gasteiger partial charge in [0.15, 0.2) is 0 Å². The molecule has 1 N–H and O–H groups in total. The molecule has 2 saturated carbocycles. The summed E-state index contributed by atoms with van der Waals surface area (Å²) in [4.78, 5) is 2.85. The average molecular weight is 250 g/mol. The van der Waals surface area contributed by atoms with E-state index in [1.165, 1.54) is 58.2 Å². The van der Waals surface area contributed by atoms with Crippen molar-refractivity contribution in [1.82, 2.24) is 10.2 Å². The first-order valence-electron chi connectivity index (χ1n) is 8.06. The first-order valence-corrected chi connectivity index (χ1v) is 8.06. The molecule has 1 saturated heterocycles. The normalized spacial score (nSPS) is 42.2. The fourth-order valence-corrected chi connectivity index (χ4v) is 3.59. The molecule has 1 aliphatic heterocycles. The van der Waals surface area contributed by atoms with E-state index in [4.69, 9.17) is 0 Å². The first-order chi connectivity index (χ1) is 8.56. The van der Waals surface area contributed by atoms with Crippen LogP contribution in [0, 0.1) is 11.8 Å². The Morgan fingerprint density at radius 2 is 1.89 bits per heavy atom. The topological polar surface area (TPSA) is 15.3 Å². The van der Waals surface area contributed by atoms with Crippen LogP contribution >= 0.6 is 0 Å². The number of piperazine rings is 1. The number of nitrogens with zero attached hydrogens (tertiary/aromatic N) is 1. The summed E-state index contributed by atoms with van der Waals surface area (Å²) in [7, 11) is 0. The molecule has 2 heteroatoms. The van der Waals surface area contributed by atoms with Crippen molar-refractivity contribution < 1.29 is 0 Å². The maximum atomic E-state index is 3.85. The summed E-state index contributed by atoms with van der Waals surface area (Å²) in [6.45, 7) is 11.0. The number of hydrogen-bond acceptors (Lipinski definition) is 2. The Kier molecular flexibility index (Phi) is 3.22. The second-order valence-electron chi connectivity index (χ2n) is 7.55. The van der Waals surface area contributed by atoms with E-state index in [0.29, 0.717) is 11.1 Å². The molecule has 0 aromatic heterocycles. The van der Waals surface area contributed by atoms with Crippen LogP contribution in [0.4, 0.5) is 0 Å². The highest BCUT2D eigenvalue weighted by molar-refractivity contribution is 5.07. The lowest BCUT2D eigenvalue weighted by atomic mass is 9.84. The predicted molar refractivity (Wildman–Crippen MR) is 76.7 cm³/mol. The van der Waals surface area contributed by atoms with Crippen LogP contribution in [0.3, 0.4) is 0 Å². The molecule has 0 aromatic carbocycles. The van der Waals surface area contributed by atoms with Crippen LogP contribution in [0.15, 0.2) is 0 Å². The van der Waals surface area contributed by atoms with Crippen LogP contribution in [-0.2, 0) is 0 Å². The maximum absolute atomic E-state index is 3.85. The highest BCUT2D eigenvalue weighted by Gasteiger charge is 2.50. The Hall–Kier alpha value is -0.0800. The minimum Gasteiger partial charge on any atom is -0.308 e. The second-order valence-corrected chi connectivity index (χ2v) is 7.55. The van der Waals surface area contributed by atoms with Crippen LogP contribution in [0.5, 0.6) is 0 Å². The summed E-state index contributed by atoms with van der Waals surface area (Å²) in [6.07, 6.45) is 8.60. The van der Waals surface area contributed by atoms with Crippen LogP contribution in [0.2, 0.25) is 0 Å². The molecule has 0 bridgehead atoms. The van der Waals surface area contributed by atoms with E-state index < -0.39 is 0 Å². The lowest BCUT2D eigenvalue weighted by Gasteiger charge is -2.53. The summed E-state index contributed by atoms with van der Waals surface area (Å²) in [5.74, 6) is 2.03. The predicted octanol–water partition coefficient (Wildman–Crippen LogP) is 3.03. The van der Waals surface area contributed by atoms with Gasteiger partial charge in [-0.05, 0) is 57.9 Å². The van der Waals surface area contributed by atoms with Gasteiger partial charge in [0, 0.05) is 24.2 Å². The molecule has 2 unspecified atom stereocenters. The van der Waals surface area contributed by atoms with Gasteiger partial charge in [-0.3, -0.25) is 4.90 Å². The largest absolute Gasteiger partial charge is 0.308 e. The Morgan fingerprint density at radius 3 is 2.44 bits per heavy atom. The lowest BCUT2D eigenvalue weighted by molar-refractivity contribution is 0.00347.